The number of benzene rings is 2. The van der Waals surface area contributed by atoms with E-state index in [0.717, 1.165) is 10.0 Å². The summed E-state index contributed by atoms with van der Waals surface area (Å²) in [5.41, 5.74) is 1.15. The monoisotopic (exact) mass is 322 g/mol. The molecule has 1 nitrogen and oxygen atoms in total. The Morgan fingerprint density at radius 1 is 1.00 bits per heavy atom. The summed E-state index contributed by atoms with van der Waals surface area (Å²) >= 11 is 5.19. The Balaban J connectivity index is 1.86. The average Bonchev–Trinajstić information content (AvgIpc) is 2.40. The van der Waals surface area contributed by atoms with Crippen LogP contribution in [0.2, 0.25) is 0 Å². The van der Waals surface area contributed by atoms with Crippen LogP contribution in [0, 0.1) is 0 Å². The minimum absolute atomic E-state index is 0.325. The van der Waals surface area contributed by atoms with Gasteiger partial charge in [-0.05, 0) is 23.8 Å². The molecule has 0 aliphatic rings. The summed E-state index contributed by atoms with van der Waals surface area (Å²) in [5.74, 6) is 0.714. The summed E-state index contributed by atoms with van der Waals surface area (Å²) in [6.45, 7) is 0. The fourth-order valence-electron chi connectivity index (χ4n) is 1.69. The minimum Gasteiger partial charge on any atom is -0.392 e. The molecule has 0 aliphatic carbocycles. The summed E-state index contributed by atoms with van der Waals surface area (Å²) in [5, 5.41) is 10.0. The van der Waals surface area contributed by atoms with Gasteiger partial charge in [-0.15, -0.1) is 11.8 Å². The van der Waals surface area contributed by atoms with E-state index in [9.17, 15) is 5.11 Å². The standard InChI is InChI=1S/C15H15BrOS/c16-15-9-5-4-6-12(15)10-13(17)11-18-14-7-2-1-3-8-14/h1-9,13,17H,10-11H2. The van der Waals surface area contributed by atoms with E-state index in [0.29, 0.717) is 12.2 Å². The zero-order chi connectivity index (χ0) is 12.8. The molecule has 1 unspecified atom stereocenters. The highest BCUT2D eigenvalue weighted by molar-refractivity contribution is 9.10. The molecule has 2 aromatic rings. The lowest BCUT2D eigenvalue weighted by atomic mass is 10.1. The molecule has 0 amide bonds. The van der Waals surface area contributed by atoms with Crippen molar-refractivity contribution in [1.82, 2.24) is 0 Å². The van der Waals surface area contributed by atoms with Crippen LogP contribution in [0.3, 0.4) is 0 Å². The number of thioether (sulfide) groups is 1. The second-order valence-electron chi connectivity index (χ2n) is 4.07. The second-order valence-corrected chi connectivity index (χ2v) is 6.02. The van der Waals surface area contributed by atoms with Crippen molar-refractivity contribution >= 4 is 27.7 Å². The molecule has 0 saturated carbocycles. The topological polar surface area (TPSA) is 20.2 Å². The van der Waals surface area contributed by atoms with Crippen LogP contribution in [0.4, 0.5) is 0 Å². The normalized spacial score (nSPS) is 12.3. The minimum atomic E-state index is -0.325. The zero-order valence-electron chi connectivity index (χ0n) is 9.92. The Kier molecular flexibility index (Phi) is 5.29. The molecule has 3 heteroatoms. The van der Waals surface area contributed by atoms with Gasteiger partial charge in [0.2, 0.25) is 0 Å². The Bertz CT molecular complexity index is 487. The molecule has 0 heterocycles. The van der Waals surface area contributed by atoms with Crippen LogP contribution in [0.15, 0.2) is 64.0 Å². The van der Waals surface area contributed by atoms with Gasteiger partial charge in [-0.3, -0.25) is 0 Å². The summed E-state index contributed by atoms with van der Waals surface area (Å²) in [6, 6.07) is 18.2. The maximum Gasteiger partial charge on any atom is 0.0674 e. The predicted molar refractivity (Wildman–Crippen MR) is 81.0 cm³/mol. The molecular weight excluding hydrogens is 308 g/mol. The Hall–Kier alpha value is -0.770. The van der Waals surface area contributed by atoms with Crippen molar-refractivity contribution in [2.24, 2.45) is 0 Å². The SMILES string of the molecule is OC(CSc1ccccc1)Cc1ccccc1Br. The third kappa shape index (κ3) is 4.16. The maximum absolute atomic E-state index is 10.0. The van der Waals surface area contributed by atoms with E-state index in [-0.39, 0.29) is 6.10 Å². The predicted octanol–water partition coefficient (Wildman–Crippen LogP) is 4.14. The van der Waals surface area contributed by atoms with Gasteiger partial charge < -0.3 is 5.11 Å². The lowest BCUT2D eigenvalue weighted by Crippen LogP contribution is -2.13. The first-order valence-corrected chi connectivity index (χ1v) is 7.63. The van der Waals surface area contributed by atoms with Gasteiger partial charge in [0.15, 0.2) is 0 Å². The summed E-state index contributed by atoms with van der Waals surface area (Å²) < 4.78 is 1.06. The van der Waals surface area contributed by atoms with Gasteiger partial charge in [-0.25, -0.2) is 0 Å². The molecule has 2 aromatic carbocycles. The van der Waals surface area contributed by atoms with Gasteiger partial charge in [0.1, 0.15) is 0 Å². The summed E-state index contributed by atoms with van der Waals surface area (Å²) in [4.78, 5) is 1.20. The number of rotatable bonds is 5. The second kappa shape index (κ2) is 6.98. The van der Waals surface area contributed by atoms with Crippen molar-refractivity contribution in [3.63, 3.8) is 0 Å². The van der Waals surface area contributed by atoms with E-state index in [1.54, 1.807) is 11.8 Å². The highest BCUT2D eigenvalue weighted by atomic mass is 79.9. The first-order valence-electron chi connectivity index (χ1n) is 5.85. The lowest BCUT2D eigenvalue weighted by Gasteiger charge is -2.11. The van der Waals surface area contributed by atoms with Gasteiger partial charge in [-0.1, -0.05) is 52.3 Å². The average molecular weight is 323 g/mol. The molecule has 0 fully saturated rings. The number of hydrogen-bond donors (Lipinski definition) is 1. The van der Waals surface area contributed by atoms with E-state index >= 15 is 0 Å². The molecule has 0 aliphatic heterocycles. The van der Waals surface area contributed by atoms with Crippen molar-refractivity contribution in [2.75, 3.05) is 5.75 Å². The Morgan fingerprint density at radius 2 is 1.67 bits per heavy atom. The molecule has 1 N–H and O–H groups in total. The fraction of sp³-hybridized carbons (Fsp3) is 0.200. The lowest BCUT2D eigenvalue weighted by molar-refractivity contribution is 0.200. The molecule has 0 bridgehead atoms. The number of aliphatic hydroxyl groups excluding tert-OH is 1. The molecule has 0 spiro atoms. The summed E-state index contributed by atoms with van der Waals surface area (Å²) in [7, 11) is 0. The van der Waals surface area contributed by atoms with Gasteiger partial charge >= 0.3 is 0 Å². The number of halogens is 1. The van der Waals surface area contributed by atoms with Gasteiger partial charge in [0, 0.05) is 21.5 Å². The highest BCUT2D eigenvalue weighted by Gasteiger charge is 2.08. The van der Waals surface area contributed by atoms with Crippen molar-refractivity contribution < 1.29 is 5.11 Å². The van der Waals surface area contributed by atoms with Gasteiger partial charge in [0.25, 0.3) is 0 Å². The summed E-state index contributed by atoms with van der Waals surface area (Å²) in [6.07, 6.45) is 0.357. The quantitative estimate of drug-likeness (QED) is 0.835. The first kappa shape index (κ1) is 13.7. The molecule has 1 atom stereocenters. The molecule has 94 valence electrons. The van der Waals surface area contributed by atoms with Crippen LogP contribution in [0.1, 0.15) is 5.56 Å². The van der Waals surface area contributed by atoms with Crippen molar-refractivity contribution in [3.05, 3.63) is 64.6 Å². The van der Waals surface area contributed by atoms with Crippen molar-refractivity contribution in [2.45, 2.75) is 17.4 Å². The van der Waals surface area contributed by atoms with Gasteiger partial charge in [0.05, 0.1) is 6.10 Å². The number of hydrogen-bond acceptors (Lipinski definition) is 2. The van der Waals surface area contributed by atoms with Gasteiger partial charge in [-0.2, -0.15) is 0 Å². The van der Waals surface area contributed by atoms with E-state index < -0.39 is 0 Å². The first-order chi connectivity index (χ1) is 8.75. The van der Waals surface area contributed by atoms with Crippen LogP contribution in [-0.2, 0) is 6.42 Å². The Labute approximate surface area is 120 Å². The van der Waals surface area contributed by atoms with Crippen LogP contribution in [0.5, 0.6) is 0 Å². The van der Waals surface area contributed by atoms with Crippen LogP contribution < -0.4 is 0 Å². The van der Waals surface area contributed by atoms with Crippen molar-refractivity contribution in [3.8, 4) is 0 Å². The van der Waals surface area contributed by atoms with E-state index in [2.05, 4.69) is 28.1 Å². The maximum atomic E-state index is 10.0. The van der Waals surface area contributed by atoms with Crippen molar-refractivity contribution in [1.29, 1.82) is 0 Å². The zero-order valence-corrected chi connectivity index (χ0v) is 12.3. The highest BCUT2D eigenvalue weighted by Crippen LogP contribution is 2.21. The molecule has 0 saturated heterocycles. The molecule has 18 heavy (non-hydrogen) atoms. The van der Waals surface area contributed by atoms with Crippen LogP contribution >= 0.6 is 27.7 Å². The van der Waals surface area contributed by atoms with E-state index in [1.807, 2.05) is 42.5 Å². The third-order valence-corrected chi connectivity index (χ3v) is 4.53. The van der Waals surface area contributed by atoms with E-state index in [1.165, 1.54) is 4.90 Å². The smallest absolute Gasteiger partial charge is 0.0674 e. The number of aliphatic hydroxyl groups is 1. The van der Waals surface area contributed by atoms with E-state index in [4.69, 9.17) is 0 Å². The van der Waals surface area contributed by atoms with Crippen LogP contribution in [-0.4, -0.2) is 17.0 Å². The Morgan fingerprint density at radius 3 is 2.39 bits per heavy atom. The molecule has 0 radical (unpaired) electrons. The largest absolute Gasteiger partial charge is 0.392 e. The fourth-order valence-corrected chi connectivity index (χ4v) is 2.98. The molecule has 2 rings (SSSR count). The molecular formula is C15H15BrOS. The molecule has 0 aromatic heterocycles. The third-order valence-electron chi connectivity index (χ3n) is 2.60. The van der Waals surface area contributed by atoms with Crippen LogP contribution in [0.25, 0.3) is 0 Å².